The van der Waals surface area contributed by atoms with Gasteiger partial charge in [0, 0.05) is 17.8 Å². The summed E-state index contributed by atoms with van der Waals surface area (Å²) >= 11 is 0. The van der Waals surface area contributed by atoms with Crippen LogP contribution in [0.2, 0.25) is 0 Å². The van der Waals surface area contributed by atoms with Crippen LogP contribution in [0.5, 0.6) is 0 Å². The molecule has 7 nitrogen and oxygen atoms in total. The minimum absolute atomic E-state index is 0.0180. The summed E-state index contributed by atoms with van der Waals surface area (Å²) in [6.07, 6.45) is 1.71. The van der Waals surface area contributed by atoms with E-state index in [1.54, 1.807) is 0 Å². The van der Waals surface area contributed by atoms with Crippen LogP contribution in [0.25, 0.3) is 17.6 Å². The third kappa shape index (κ3) is 4.81. The maximum atomic E-state index is 13.0. The lowest BCUT2D eigenvalue weighted by atomic mass is 10.1. The predicted octanol–water partition coefficient (Wildman–Crippen LogP) is 3.21. The van der Waals surface area contributed by atoms with Crippen LogP contribution in [0.1, 0.15) is 16.9 Å². The fourth-order valence-corrected chi connectivity index (χ4v) is 2.25. The largest absolute Gasteiger partial charge is 0.447 e. The summed E-state index contributed by atoms with van der Waals surface area (Å²) in [6, 6.07) is 2.81. The fraction of sp³-hybridized carbons (Fsp3) is 0.176. The molecule has 0 bridgehead atoms. The molecule has 3 rings (SSSR count). The molecule has 11 heteroatoms. The molecule has 1 aromatic carbocycles. The Hall–Kier alpha value is -3.50. The summed E-state index contributed by atoms with van der Waals surface area (Å²) in [4.78, 5) is 19.4. The van der Waals surface area contributed by atoms with Crippen LogP contribution >= 0.6 is 0 Å². The molecule has 0 aliphatic carbocycles. The summed E-state index contributed by atoms with van der Waals surface area (Å²) in [5.74, 6) is -0.0160. The zero-order valence-corrected chi connectivity index (χ0v) is 14.2. The molecule has 28 heavy (non-hydrogen) atoms. The smallest absolute Gasteiger partial charge is 0.416 e. The molecular formula is C17H13F4N5O2. The third-order valence-corrected chi connectivity index (χ3v) is 3.54. The summed E-state index contributed by atoms with van der Waals surface area (Å²) < 4.78 is 57.9. The van der Waals surface area contributed by atoms with Crippen molar-refractivity contribution in [1.82, 2.24) is 25.1 Å². The van der Waals surface area contributed by atoms with Crippen LogP contribution < -0.4 is 5.32 Å². The van der Waals surface area contributed by atoms with Crippen molar-refractivity contribution in [3.63, 3.8) is 0 Å². The number of halogens is 4. The summed E-state index contributed by atoms with van der Waals surface area (Å²) in [7, 11) is 0. The van der Waals surface area contributed by atoms with E-state index in [2.05, 4.69) is 20.4 Å². The molecule has 0 radical (unpaired) electrons. The van der Waals surface area contributed by atoms with Gasteiger partial charge in [0.25, 0.3) is 0 Å². The number of benzene rings is 1. The van der Waals surface area contributed by atoms with Gasteiger partial charge in [-0.3, -0.25) is 4.79 Å². The first-order valence-corrected chi connectivity index (χ1v) is 7.87. The number of carbonyl (C=O) groups is 1. The van der Waals surface area contributed by atoms with Gasteiger partial charge in [-0.25, -0.2) is 19.0 Å². The molecule has 0 atom stereocenters. The number of oxazole rings is 1. The zero-order valence-electron chi connectivity index (χ0n) is 14.2. The predicted molar refractivity (Wildman–Crippen MR) is 89.0 cm³/mol. The first kappa shape index (κ1) is 19.3. The number of nitrogens with zero attached hydrogens (tertiary/aromatic N) is 4. The number of hydrogen-bond donors (Lipinski definition) is 1. The van der Waals surface area contributed by atoms with Crippen molar-refractivity contribution in [1.29, 1.82) is 0 Å². The van der Waals surface area contributed by atoms with Gasteiger partial charge in [0.1, 0.15) is 18.8 Å². The molecule has 0 saturated carbocycles. The summed E-state index contributed by atoms with van der Waals surface area (Å²) in [5.41, 5.74) is -1.11. The number of hydrogen-bond acceptors (Lipinski definition) is 5. The van der Waals surface area contributed by atoms with Gasteiger partial charge >= 0.3 is 6.18 Å². The number of amides is 1. The zero-order chi connectivity index (χ0) is 20.1. The van der Waals surface area contributed by atoms with Crippen molar-refractivity contribution < 1.29 is 26.8 Å². The van der Waals surface area contributed by atoms with Crippen molar-refractivity contribution in [2.24, 2.45) is 0 Å². The highest BCUT2D eigenvalue weighted by Crippen LogP contribution is 2.32. The maximum absolute atomic E-state index is 13.0. The molecule has 0 aliphatic heterocycles. The second-order valence-corrected chi connectivity index (χ2v) is 5.60. The molecular weight excluding hydrogens is 382 g/mol. The van der Waals surface area contributed by atoms with Gasteiger partial charge in [-0.1, -0.05) is 0 Å². The average molecular weight is 395 g/mol. The summed E-state index contributed by atoms with van der Waals surface area (Å²) in [6.45, 7) is -0.912. The molecule has 0 unspecified atom stereocenters. The van der Waals surface area contributed by atoms with Gasteiger partial charge in [0.2, 0.25) is 5.91 Å². The number of aromatic nitrogens is 4. The molecule has 1 N–H and O–H groups in total. The van der Waals surface area contributed by atoms with Crippen molar-refractivity contribution in [3.8, 4) is 11.4 Å². The normalized spacial score (nSPS) is 11.9. The van der Waals surface area contributed by atoms with Crippen LogP contribution in [0.15, 0.2) is 47.6 Å². The highest BCUT2D eigenvalue weighted by atomic mass is 19.4. The lowest BCUT2D eigenvalue weighted by Gasteiger charge is -2.09. The SMILES string of the molecule is O=C(/C=C\n1cnc(-c2cc(CF)cc(C(F)(F)F)c2)n1)NCc1cnco1. The second-order valence-electron chi connectivity index (χ2n) is 5.60. The first-order valence-electron chi connectivity index (χ1n) is 7.87. The molecule has 1 amide bonds. The molecule has 2 aromatic heterocycles. The van der Waals surface area contributed by atoms with Crippen molar-refractivity contribution >= 4 is 12.1 Å². The minimum atomic E-state index is -4.62. The topological polar surface area (TPSA) is 85.8 Å². The lowest BCUT2D eigenvalue weighted by molar-refractivity contribution is -0.137. The van der Waals surface area contributed by atoms with E-state index in [0.29, 0.717) is 5.76 Å². The lowest BCUT2D eigenvalue weighted by Crippen LogP contribution is -2.20. The van der Waals surface area contributed by atoms with Gasteiger partial charge in [0.05, 0.1) is 18.3 Å². The highest BCUT2D eigenvalue weighted by molar-refractivity contribution is 5.89. The van der Waals surface area contributed by atoms with Crippen LogP contribution in [0.3, 0.4) is 0 Å². The number of rotatable bonds is 6. The van der Waals surface area contributed by atoms with E-state index in [1.807, 2.05) is 0 Å². The molecule has 146 valence electrons. The van der Waals surface area contributed by atoms with Gasteiger partial charge in [-0.15, -0.1) is 5.10 Å². The monoisotopic (exact) mass is 395 g/mol. The quantitative estimate of drug-likeness (QED) is 0.512. The Morgan fingerprint density at radius 1 is 1.29 bits per heavy atom. The Kier molecular flexibility index (Phi) is 5.52. The van der Waals surface area contributed by atoms with Crippen LogP contribution in [0, 0.1) is 0 Å². The van der Waals surface area contributed by atoms with Crippen molar-refractivity contribution in [3.05, 3.63) is 60.1 Å². The summed E-state index contributed by atoms with van der Waals surface area (Å²) in [5, 5.41) is 6.53. The molecule has 0 saturated heterocycles. The van der Waals surface area contributed by atoms with Gasteiger partial charge < -0.3 is 9.73 Å². The van der Waals surface area contributed by atoms with E-state index in [-0.39, 0.29) is 23.5 Å². The third-order valence-electron chi connectivity index (χ3n) is 3.54. The van der Waals surface area contributed by atoms with E-state index in [4.69, 9.17) is 4.42 Å². The number of carbonyl (C=O) groups excluding carboxylic acids is 1. The van der Waals surface area contributed by atoms with Crippen LogP contribution in [-0.2, 0) is 24.2 Å². The van der Waals surface area contributed by atoms with E-state index in [0.717, 1.165) is 22.9 Å². The number of nitrogens with one attached hydrogen (secondary N) is 1. The van der Waals surface area contributed by atoms with Crippen LogP contribution in [0.4, 0.5) is 17.6 Å². The Morgan fingerprint density at radius 3 is 2.79 bits per heavy atom. The second kappa shape index (κ2) is 8.03. The Morgan fingerprint density at radius 2 is 2.11 bits per heavy atom. The molecule has 2 heterocycles. The molecule has 0 spiro atoms. The van der Waals surface area contributed by atoms with E-state index >= 15 is 0 Å². The van der Waals surface area contributed by atoms with Gasteiger partial charge in [-0.05, 0) is 23.8 Å². The van der Waals surface area contributed by atoms with Gasteiger partial charge in [-0.2, -0.15) is 13.2 Å². The first-order chi connectivity index (χ1) is 13.3. The van der Waals surface area contributed by atoms with Crippen molar-refractivity contribution in [2.45, 2.75) is 19.4 Å². The van der Waals surface area contributed by atoms with E-state index < -0.39 is 24.3 Å². The standard InChI is InChI=1S/C17H13F4N5O2/c18-6-11-3-12(5-13(4-11)17(19,20)21)16-24-9-26(25-16)2-1-15(27)23-8-14-7-22-10-28-14/h1-5,7,9-10H,6,8H2,(H,23,27)/b2-1-. The number of alkyl halides is 4. The van der Waals surface area contributed by atoms with Crippen molar-refractivity contribution in [2.75, 3.05) is 0 Å². The Labute approximate surface area is 155 Å². The van der Waals surface area contributed by atoms with Gasteiger partial charge in [0.15, 0.2) is 12.2 Å². The maximum Gasteiger partial charge on any atom is 0.416 e. The fourth-order valence-electron chi connectivity index (χ4n) is 2.25. The molecule has 0 aliphatic rings. The minimum Gasteiger partial charge on any atom is -0.447 e. The average Bonchev–Trinajstić information content (AvgIpc) is 3.35. The molecule has 3 aromatic rings. The van der Waals surface area contributed by atoms with E-state index in [1.165, 1.54) is 31.2 Å². The molecule has 0 fully saturated rings. The Bertz CT molecular complexity index is 980. The van der Waals surface area contributed by atoms with Crippen LogP contribution in [-0.4, -0.2) is 25.7 Å². The highest BCUT2D eigenvalue weighted by Gasteiger charge is 2.31. The van der Waals surface area contributed by atoms with E-state index in [9.17, 15) is 22.4 Å². The Balaban J connectivity index is 1.72.